The molecule has 2 nitrogen and oxygen atoms in total. The minimum Gasteiger partial charge on any atom is -0.498 e. The summed E-state index contributed by atoms with van der Waals surface area (Å²) >= 11 is 0. The summed E-state index contributed by atoms with van der Waals surface area (Å²) in [5.74, 6) is 0.342. The van der Waals surface area contributed by atoms with Gasteiger partial charge in [0.1, 0.15) is 5.82 Å². The number of hydrogen-bond donors (Lipinski definition) is 0. The number of halogens is 1. The van der Waals surface area contributed by atoms with E-state index in [-0.39, 0.29) is 5.56 Å². The van der Waals surface area contributed by atoms with Crippen molar-refractivity contribution in [2.75, 3.05) is 6.61 Å². The molecule has 25 heavy (non-hydrogen) atoms. The molecule has 0 unspecified atom stereocenters. The van der Waals surface area contributed by atoms with Crippen molar-refractivity contribution in [3.8, 4) is 0 Å². The first-order chi connectivity index (χ1) is 12.0. The fraction of sp³-hybridized carbons (Fsp3) is 0.409. The van der Waals surface area contributed by atoms with E-state index in [0.29, 0.717) is 12.9 Å². The van der Waals surface area contributed by atoms with Crippen LogP contribution in [0, 0.1) is 5.82 Å². The lowest BCUT2D eigenvalue weighted by Crippen LogP contribution is -1.94. The molecule has 3 heteroatoms. The molecule has 1 rings (SSSR count). The Bertz CT molecular complexity index is 654. The second kappa shape index (κ2) is 11.4. The van der Waals surface area contributed by atoms with Crippen LogP contribution in [0.15, 0.2) is 47.8 Å². The van der Waals surface area contributed by atoms with Gasteiger partial charge in [-0.15, -0.1) is 0 Å². The molecule has 136 valence electrons. The second-order valence-corrected chi connectivity index (χ2v) is 6.09. The molecular weight excluding hydrogens is 315 g/mol. The maximum atomic E-state index is 13.6. The molecule has 0 aliphatic carbocycles. The Labute approximate surface area is 151 Å². The molecule has 1 aromatic rings. The third-order valence-corrected chi connectivity index (χ3v) is 3.91. The van der Waals surface area contributed by atoms with Crippen LogP contribution in [-0.2, 0) is 4.74 Å². The number of rotatable bonds is 10. The number of hydrogen-bond acceptors (Lipinski definition) is 2. The number of carbonyl (C=O) groups excluding carboxylic acids is 1. The fourth-order valence-electron chi connectivity index (χ4n) is 2.35. The van der Waals surface area contributed by atoms with Crippen LogP contribution in [0.25, 0.3) is 5.57 Å². The lowest BCUT2D eigenvalue weighted by molar-refractivity contribution is 0.112. The molecule has 0 saturated carbocycles. The lowest BCUT2D eigenvalue weighted by Gasteiger charge is -2.10. The highest BCUT2D eigenvalue weighted by Crippen LogP contribution is 2.25. The number of unbranched alkanes of at least 4 members (excludes halogenated alkanes) is 2. The van der Waals surface area contributed by atoms with Gasteiger partial charge in [0.15, 0.2) is 6.29 Å². The third-order valence-electron chi connectivity index (χ3n) is 3.91. The van der Waals surface area contributed by atoms with Gasteiger partial charge in [0, 0.05) is 0 Å². The minimum absolute atomic E-state index is 0.0755. The Morgan fingerprint density at radius 2 is 1.92 bits per heavy atom. The average Bonchev–Trinajstić information content (AvgIpc) is 2.61. The molecule has 0 fully saturated rings. The highest BCUT2D eigenvalue weighted by Gasteiger charge is 2.08. The normalized spacial score (nSPS) is 13.1. The van der Waals surface area contributed by atoms with Crippen LogP contribution < -0.4 is 0 Å². The topological polar surface area (TPSA) is 26.3 Å². The summed E-state index contributed by atoms with van der Waals surface area (Å²) in [5.41, 5.74) is 2.97. The van der Waals surface area contributed by atoms with E-state index < -0.39 is 5.82 Å². The Morgan fingerprint density at radius 1 is 1.16 bits per heavy atom. The van der Waals surface area contributed by atoms with Crippen LogP contribution in [0.4, 0.5) is 4.39 Å². The van der Waals surface area contributed by atoms with E-state index in [4.69, 9.17) is 4.74 Å². The molecule has 0 aliphatic heterocycles. The molecule has 0 bridgehead atoms. The third kappa shape index (κ3) is 7.08. The molecule has 0 spiro atoms. The monoisotopic (exact) mass is 344 g/mol. The van der Waals surface area contributed by atoms with Gasteiger partial charge in [-0.25, -0.2) is 4.39 Å². The van der Waals surface area contributed by atoms with Crippen molar-refractivity contribution < 1.29 is 13.9 Å². The average molecular weight is 344 g/mol. The van der Waals surface area contributed by atoms with E-state index in [1.54, 1.807) is 12.1 Å². The van der Waals surface area contributed by atoms with Crippen molar-refractivity contribution in [3.05, 3.63) is 64.7 Å². The van der Waals surface area contributed by atoms with Crippen molar-refractivity contribution >= 4 is 11.9 Å². The van der Waals surface area contributed by atoms with Gasteiger partial charge in [0.25, 0.3) is 0 Å². The van der Waals surface area contributed by atoms with Crippen LogP contribution in [0.3, 0.4) is 0 Å². The van der Waals surface area contributed by atoms with Crippen LogP contribution in [0.5, 0.6) is 0 Å². The standard InChI is InChI=1S/C22H29FO2/c1-5-7-9-17(3)21(12-10-18(4)25-14-8-6-2)19-11-13-22(23)20(15-19)16-24/h9-13,15-16H,5-8,14H2,1-4H3. The molecule has 1 aromatic carbocycles. The number of ether oxygens (including phenoxy) is 1. The van der Waals surface area contributed by atoms with E-state index in [0.717, 1.165) is 48.2 Å². The zero-order valence-electron chi connectivity index (χ0n) is 15.8. The van der Waals surface area contributed by atoms with Crippen molar-refractivity contribution in [1.29, 1.82) is 0 Å². The molecule has 0 heterocycles. The van der Waals surface area contributed by atoms with Crippen molar-refractivity contribution in [2.24, 2.45) is 0 Å². The van der Waals surface area contributed by atoms with Crippen LogP contribution >= 0.6 is 0 Å². The largest absolute Gasteiger partial charge is 0.498 e. The Morgan fingerprint density at radius 3 is 2.56 bits per heavy atom. The summed E-state index contributed by atoms with van der Waals surface area (Å²) in [6, 6.07) is 4.64. The molecule has 0 amide bonds. The first-order valence-electron chi connectivity index (χ1n) is 8.97. The summed E-state index contributed by atoms with van der Waals surface area (Å²) in [7, 11) is 0. The predicted octanol–water partition coefficient (Wildman–Crippen LogP) is 6.49. The lowest BCUT2D eigenvalue weighted by atomic mass is 9.95. The molecule has 0 aliphatic rings. The van der Waals surface area contributed by atoms with Crippen molar-refractivity contribution in [1.82, 2.24) is 0 Å². The number of allylic oxidation sites excluding steroid dienone is 6. The van der Waals surface area contributed by atoms with E-state index in [9.17, 15) is 9.18 Å². The summed E-state index contributed by atoms with van der Waals surface area (Å²) in [6.07, 6.45) is 10.8. The second-order valence-electron chi connectivity index (χ2n) is 6.09. The first kappa shape index (κ1) is 20.9. The molecule has 0 radical (unpaired) electrons. The van der Waals surface area contributed by atoms with E-state index in [1.807, 2.05) is 26.0 Å². The molecule has 0 N–H and O–H groups in total. The number of benzene rings is 1. The predicted molar refractivity (Wildman–Crippen MR) is 103 cm³/mol. The van der Waals surface area contributed by atoms with E-state index >= 15 is 0 Å². The zero-order valence-corrected chi connectivity index (χ0v) is 15.8. The van der Waals surface area contributed by atoms with E-state index in [2.05, 4.69) is 19.9 Å². The number of carbonyl (C=O) groups is 1. The van der Waals surface area contributed by atoms with Gasteiger partial charge in [-0.3, -0.25) is 4.79 Å². The Hall–Kier alpha value is -2.16. The Kier molecular flexibility index (Phi) is 9.53. The van der Waals surface area contributed by atoms with Crippen LogP contribution in [-0.4, -0.2) is 12.9 Å². The summed E-state index contributed by atoms with van der Waals surface area (Å²) in [6.45, 7) is 8.92. The summed E-state index contributed by atoms with van der Waals surface area (Å²) in [5, 5.41) is 0. The molecule has 0 saturated heterocycles. The fourth-order valence-corrected chi connectivity index (χ4v) is 2.35. The van der Waals surface area contributed by atoms with Crippen molar-refractivity contribution in [3.63, 3.8) is 0 Å². The van der Waals surface area contributed by atoms with Gasteiger partial charge < -0.3 is 4.74 Å². The van der Waals surface area contributed by atoms with Crippen molar-refractivity contribution in [2.45, 2.75) is 53.4 Å². The Balaban J connectivity index is 3.18. The van der Waals surface area contributed by atoms with E-state index in [1.165, 1.54) is 6.07 Å². The maximum Gasteiger partial charge on any atom is 0.153 e. The molecule has 0 aromatic heterocycles. The van der Waals surface area contributed by atoms with Gasteiger partial charge in [0.05, 0.1) is 17.9 Å². The summed E-state index contributed by atoms with van der Waals surface area (Å²) < 4.78 is 19.3. The van der Waals surface area contributed by atoms with Gasteiger partial charge in [0.2, 0.25) is 0 Å². The van der Waals surface area contributed by atoms with Crippen LogP contribution in [0.1, 0.15) is 69.3 Å². The maximum absolute atomic E-state index is 13.6. The first-order valence-corrected chi connectivity index (χ1v) is 8.97. The quantitative estimate of drug-likeness (QED) is 0.210. The van der Waals surface area contributed by atoms with Crippen LogP contribution in [0.2, 0.25) is 0 Å². The van der Waals surface area contributed by atoms with Gasteiger partial charge in [-0.2, -0.15) is 0 Å². The zero-order chi connectivity index (χ0) is 18.7. The molecular formula is C22H29FO2. The van der Waals surface area contributed by atoms with Gasteiger partial charge in [-0.05, 0) is 61.6 Å². The highest BCUT2D eigenvalue weighted by molar-refractivity contribution is 5.83. The highest BCUT2D eigenvalue weighted by atomic mass is 19.1. The van der Waals surface area contributed by atoms with Gasteiger partial charge in [-0.1, -0.05) is 44.9 Å². The summed E-state index contributed by atoms with van der Waals surface area (Å²) in [4.78, 5) is 11.1. The van der Waals surface area contributed by atoms with Gasteiger partial charge >= 0.3 is 0 Å². The smallest absolute Gasteiger partial charge is 0.153 e. The minimum atomic E-state index is -0.497. The SMILES string of the molecule is CCCC=C(C)C(=CC=C(C)OCCCC)c1ccc(F)c(C=O)c1. The molecule has 0 atom stereocenters. The number of aldehydes is 1.